The molecule has 8 nitrogen and oxygen atoms in total. The van der Waals surface area contributed by atoms with Gasteiger partial charge in [0.2, 0.25) is 11.8 Å². The molecule has 0 radical (unpaired) electrons. The first-order valence-electron chi connectivity index (χ1n) is 15.6. The molecule has 44 heavy (non-hydrogen) atoms. The number of nitrogens with one attached hydrogen (secondary N) is 1. The number of carbonyl (C=O) groups is 3. The summed E-state index contributed by atoms with van der Waals surface area (Å²) in [5.74, 6) is -1.90. The maximum atomic E-state index is 13.8. The zero-order valence-corrected chi connectivity index (χ0v) is 25.9. The van der Waals surface area contributed by atoms with Crippen LogP contribution >= 0.6 is 0 Å². The van der Waals surface area contributed by atoms with Crippen molar-refractivity contribution in [3.8, 4) is 0 Å². The van der Waals surface area contributed by atoms with E-state index in [9.17, 15) is 19.5 Å². The molecule has 0 spiro atoms. The molecule has 0 saturated carbocycles. The van der Waals surface area contributed by atoms with Crippen molar-refractivity contribution in [1.82, 2.24) is 10.2 Å². The Bertz CT molecular complexity index is 1190. The number of likely N-dealkylation sites (tertiary alicyclic amines) is 1. The highest BCUT2D eigenvalue weighted by Crippen LogP contribution is 2.27. The zero-order chi connectivity index (χ0) is 31.7. The van der Waals surface area contributed by atoms with Gasteiger partial charge in [0.05, 0.1) is 37.1 Å². The van der Waals surface area contributed by atoms with Crippen LogP contribution in [0.3, 0.4) is 0 Å². The van der Waals surface area contributed by atoms with Gasteiger partial charge in [0, 0.05) is 20.1 Å². The lowest BCUT2D eigenvalue weighted by Crippen LogP contribution is -2.47. The van der Waals surface area contributed by atoms with Crippen LogP contribution in [0.2, 0.25) is 0 Å². The van der Waals surface area contributed by atoms with Gasteiger partial charge in [0.25, 0.3) is 0 Å². The van der Waals surface area contributed by atoms with Gasteiger partial charge < -0.3 is 24.8 Å². The van der Waals surface area contributed by atoms with E-state index in [0.717, 1.165) is 36.8 Å². The van der Waals surface area contributed by atoms with Gasteiger partial charge >= 0.3 is 5.97 Å². The number of hydrogen-bond acceptors (Lipinski definition) is 6. The molecule has 0 bridgehead atoms. The summed E-state index contributed by atoms with van der Waals surface area (Å²) in [5, 5.41) is 12.7. The molecule has 238 valence electrons. The molecule has 3 rings (SSSR count). The van der Waals surface area contributed by atoms with E-state index >= 15 is 0 Å². The van der Waals surface area contributed by atoms with Crippen LogP contribution in [0.5, 0.6) is 0 Å². The Morgan fingerprint density at radius 1 is 1.05 bits per heavy atom. The van der Waals surface area contributed by atoms with Crippen molar-refractivity contribution in [1.29, 1.82) is 0 Å². The van der Waals surface area contributed by atoms with Gasteiger partial charge in [-0.25, -0.2) is 0 Å². The van der Waals surface area contributed by atoms with Gasteiger partial charge in [0.1, 0.15) is 6.10 Å². The first-order chi connectivity index (χ1) is 21.4. The molecule has 0 aromatic heterocycles. The number of amides is 2. The molecule has 1 aliphatic rings. The van der Waals surface area contributed by atoms with Gasteiger partial charge in [-0.3, -0.25) is 14.4 Å². The van der Waals surface area contributed by atoms with Gasteiger partial charge in [-0.05, 0) is 56.1 Å². The smallest absolute Gasteiger partial charge is 0.309 e. The summed E-state index contributed by atoms with van der Waals surface area (Å²) in [6.07, 6.45) is 7.29. The molecule has 1 aliphatic heterocycles. The molecule has 5 atom stereocenters. The molecular weight excluding hydrogens is 556 g/mol. The number of benzene rings is 2. The van der Waals surface area contributed by atoms with E-state index < -0.39 is 18.1 Å². The third-order valence-corrected chi connectivity index (χ3v) is 8.18. The predicted molar refractivity (Wildman–Crippen MR) is 172 cm³/mol. The second kappa shape index (κ2) is 18.8. The number of carbonyl (C=O) groups excluding carboxylic acids is 3. The zero-order valence-electron chi connectivity index (χ0n) is 25.9. The van der Waals surface area contributed by atoms with E-state index in [4.69, 9.17) is 9.47 Å². The van der Waals surface area contributed by atoms with Crippen LogP contribution in [0, 0.1) is 11.8 Å². The van der Waals surface area contributed by atoms with E-state index in [1.807, 2.05) is 66.7 Å². The molecule has 1 heterocycles. The van der Waals surface area contributed by atoms with Gasteiger partial charge in [-0.15, -0.1) is 13.2 Å². The quantitative estimate of drug-likeness (QED) is 0.130. The van der Waals surface area contributed by atoms with Crippen LogP contribution in [-0.4, -0.2) is 66.7 Å². The summed E-state index contributed by atoms with van der Waals surface area (Å²) in [5.41, 5.74) is 1.77. The summed E-state index contributed by atoms with van der Waals surface area (Å²) in [6.45, 7) is 8.17. The lowest BCUT2D eigenvalue weighted by Gasteiger charge is -2.31. The molecule has 2 amide bonds. The van der Waals surface area contributed by atoms with E-state index in [0.29, 0.717) is 25.8 Å². The van der Waals surface area contributed by atoms with Crippen molar-refractivity contribution in [2.45, 2.75) is 69.6 Å². The van der Waals surface area contributed by atoms with Crippen LogP contribution < -0.4 is 5.32 Å². The van der Waals surface area contributed by atoms with Gasteiger partial charge in [-0.1, -0.05) is 72.8 Å². The minimum absolute atomic E-state index is 0.00764. The predicted octanol–water partition coefficient (Wildman–Crippen LogP) is 5.18. The molecule has 8 heteroatoms. The average Bonchev–Trinajstić information content (AvgIpc) is 3.53. The largest absolute Gasteiger partial charge is 0.455 e. The van der Waals surface area contributed by atoms with E-state index in [-0.39, 0.29) is 49.4 Å². The Hall–Kier alpha value is -3.75. The lowest BCUT2D eigenvalue weighted by atomic mass is 9.93. The van der Waals surface area contributed by atoms with Crippen molar-refractivity contribution in [3.63, 3.8) is 0 Å². The van der Waals surface area contributed by atoms with Gasteiger partial charge in [-0.2, -0.15) is 0 Å². The maximum absolute atomic E-state index is 13.8. The monoisotopic (exact) mass is 604 g/mol. The highest BCUT2D eigenvalue weighted by Gasteiger charge is 2.35. The fourth-order valence-electron chi connectivity index (χ4n) is 5.81. The number of hydrogen-bond donors (Lipinski definition) is 2. The average molecular weight is 605 g/mol. The number of methoxy groups -OCH3 is 1. The number of esters is 1. The first kappa shape index (κ1) is 34.7. The molecule has 2 N–H and O–H groups in total. The minimum atomic E-state index is -0.817. The van der Waals surface area contributed by atoms with Crippen LogP contribution in [0.25, 0.3) is 0 Å². The second-order valence-corrected chi connectivity index (χ2v) is 11.4. The lowest BCUT2D eigenvalue weighted by molar-refractivity contribution is -0.158. The third kappa shape index (κ3) is 10.5. The normalized spacial score (nSPS) is 17.2. The van der Waals surface area contributed by atoms with E-state index in [2.05, 4.69) is 18.5 Å². The number of aliphatic hydroxyl groups excluding tert-OH is 1. The topological polar surface area (TPSA) is 105 Å². The Balaban J connectivity index is 1.83. The summed E-state index contributed by atoms with van der Waals surface area (Å²) in [7, 11) is 1.53. The Morgan fingerprint density at radius 2 is 1.75 bits per heavy atom. The molecule has 2 aromatic carbocycles. The Morgan fingerprint density at radius 3 is 2.39 bits per heavy atom. The second-order valence-electron chi connectivity index (χ2n) is 11.4. The number of nitrogens with zero attached hydrogens (tertiary/aromatic N) is 1. The number of unbranched alkanes of at least 4 members (excludes halogenated alkanes) is 1. The Labute approximate surface area is 262 Å². The van der Waals surface area contributed by atoms with E-state index in [1.54, 1.807) is 11.0 Å². The highest BCUT2D eigenvalue weighted by molar-refractivity contribution is 5.86. The summed E-state index contributed by atoms with van der Waals surface area (Å²) >= 11 is 0. The summed E-state index contributed by atoms with van der Waals surface area (Å²) in [4.78, 5) is 42.3. The van der Waals surface area contributed by atoms with Crippen LogP contribution in [0.1, 0.15) is 62.2 Å². The standard InChI is InChI=1S/C36H48N2O6/c1-4-6-9-20-30(23-27-16-10-7-11-17-27)36(42)44-34(28-18-12-8-13-19-28)32(26-43-3)37-35(41)29(15-5-2)24-33(40)38-22-14-21-31(38)25-39/h4-5,7-8,10-13,16-19,29-32,34,39H,1-2,6,9,14-15,20-26H2,3H3,(H,37,41)/t29-,30+,31-,32-,34-/m0/s1. The SMILES string of the molecule is C=CCCC[C@H](Cc1ccccc1)C(=O)O[C@@H](c1ccccc1)[C@H](COC)NC(=O)[C@@H](CC=C)CC(=O)N1CCC[C@H]1CO. The number of allylic oxidation sites excluding steroid dienone is 2. The van der Waals surface area contributed by atoms with Crippen molar-refractivity contribution in [2.75, 3.05) is 26.9 Å². The van der Waals surface area contributed by atoms with Crippen LogP contribution in [0.15, 0.2) is 86.0 Å². The number of rotatable bonds is 19. The molecule has 1 fully saturated rings. The maximum Gasteiger partial charge on any atom is 0.309 e. The van der Waals surface area contributed by atoms with Crippen molar-refractivity contribution in [2.24, 2.45) is 11.8 Å². The number of ether oxygens (including phenoxy) is 2. The molecule has 0 aliphatic carbocycles. The van der Waals surface area contributed by atoms with Crippen molar-refractivity contribution in [3.05, 3.63) is 97.1 Å². The molecule has 2 aromatic rings. The molecular formula is C36H48N2O6. The summed E-state index contributed by atoms with van der Waals surface area (Å²) < 4.78 is 11.8. The summed E-state index contributed by atoms with van der Waals surface area (Å²) in [6, 6.07) is 18.3. The minimum Gasteiger partial charge on any atom is -0.455 e. The third-order valence-electron chi connectivity index (χ3n) is 8.18. The van der Waals surface area contributed by atoms with Crippen LogP contribution in [-0.2, 0) is 30.3 Å². The first-order valence-corrected chi connectivity index (χ1v) is 15.6. The van der Waals surface area contributed by atoms with Gasteiger partial charge in [0.15, 0.2) is 0 Å². The Kier molecular flexibility index (Phi) is 14.9. The fraction of sp³-hybridized carbons (Fsp3) is 0.472. The highest BCUT2D eigenvalue weighted by atomic mass is 16.5. The molecule has 1 saturated heterocycles. The van der Waals surface area contributed by atoms with E-state index in [1.165, 1.54) is 7.11 Å². The molecule has 0 unspecified atom stereocenters. The van der Waals surface area contributed by atoms with Crippen molar-refractivity contribution < 1.29 is 29.0 Å². The van der Waals surface area contributed by atoms with Crippen LogP contribution in [0.4, 0.5) is 0 Å². The van der Waals surface area contributed by atoms with Crippen molar-refractivity contribution >= 4 is 17.8 Å². The number of aliphatic hydroxyl groups is 1. The fourth-order valence-corrected chi connectivity index (χ4v) is 5.81.